The highest BCUT2D eigenvalue weighted by Crippen LogP contribution is 2.16. The smallest absolute Gasteiger partial charge is 0.257 e. The summed E-state index contributed by atoms with van der Waals surface area (Å²) < 4.78 is 0.571. The minimum Gasteiger partial charge on any atom is -0.322 e. The van der Waals surface area contributed by atoms with Crippen LogP contribution in [0.4, 0.5) is 5.82 Å². The van der Waals surface area contributed by atoms with Crippen LogP contribution in [-0.4, -0.2) is 20.9 Å². The molecule has 0 aliphatic carbocycles. The maximum absolute atomic E-state index is 12.3. The summed E-state index contributed by atoms with van der Waals surface area (Å²) in [6.45, 7) is 0. The number of nitrogens with zero attached hydrogens (tertiary/aromatic N) is 2. The fraction of sp³-hybridized carbons (Fsp3) is 0. The molecule has 21 heavy (non-hydrogen) atoms. The van der Waals surface area contributed by atoms with Gasteiger partial charge in [0, 0.05) is 17.0 Å². The Morgan fingerprint density at radius 2 is 2.00 bits per heavy atom. The molecule has 0 radical (unpaired) electrons. The summed E-state index contributed by atoms with van der Waals surface area (Å²) in [4.78, 5) is 34.6. The number of rotatable bonds is 2. The van der Waals surface area contributed by atoms with Crippen molar-refractivity contribution >= 4 is 38.6 Å². The van der Waals surface area contributed by atoms with Crippen molar-refractivity contribution in [1.29, 1.82) is 0 Å². The van der Waals surface area contributed by atoms with Crippen LogP contribution in [0.15, 0.2) is 52.1 Å². The zero-order chi connectivity index (χ0) is 14.8. The van der Waals surface area contributed by atoms with E-state index in [1.165, 1.54) is 18.5 Å². The Kier molecular flexibility index (Phi) is 3.49. The molecule has 2 N–H and O–H groups in total. The molecule has 0 saturated carbocycles. The summed E-state index contributed by atoms with van der Waals surface area (Å²) in [6.07, 6.45) is 2.91. The number of carbonyl (C=O) groups is 1. The van der Waals surface area contributed by atoms with Gasteiger partial charge in [-0.05, 0) is 22.0 Å². The summed E-state index contributed by atoms with van der Waals surface area (Å²) >= 11 is 3.17. The largest absolute Gasteiger partial charge is 0.322 e. The molecule has 0 aliphatic rings. The molecular weight excluding hydrogens is 336 g/mol. The molecule has 0 aliphatic heterocycles. The molecule has 1 aromatic carbocycles. The average molecular weight is 345 g/mol. The molecule has 2 heterocycles. The highest BCUT2D eigenvalue weighted by molar-refractivity contribution is 9.10. The Hall–Kier alpha value is -2.54. The second kappa shape index (κ2) is 5.45. The zero-order valence-electron chi connectivity index (χ0n) is 10.6. The Labute approximate surface area is 127 Å². The molecule has 0 atom stereocenters. The van der Waals surface area contributed by atoms with E-state index < -0.39 is 5.91 Å². The van der Waals surface area contributed by atoms with Gasteiger partial charge >= 0.3 is 0 Å². The lowest BCUT2D eigenvalue weighted by Crippen LogP contribution is -2.17. The number of hydrogen-bond acceptors (Lipinski definition) is 4. The van der Waals surface area contributed by atoms with Gasteiger partial charge in [0.25, 0.3) is 5.91 Å². The molecule has 0 fully saturated rings. The van der Waals surface area contributed by atoms with Gasteiger partial charge in [0.05, 0.1) is 18.0 Å². The van der Waals surface area contributed by atoms with E-state index in [1.807, 2.05) is 0 Å². The lowest BCUT2D eigenvalue weighted by Gasteiger charge is -2.07. The zero-order valence-corrected chi connectivity index (χ0v) is 12.2. The highest BCUT2D eigenvalue weighted by atomic mass is 79.9. The van der Waals surface area contributed by atoms with E-state index in [4.69, 9.17) is 0 Å². The third-order valence-corrected chi connectivity index (χ3v) is 3.27. The molecule has 0 unspecified atom stereocenters. The van der Waals surface area contributed by atoms with E-state index in [1.54, 1.807) is 24.3 Å². The van der Waals surface area contributed by atoms with Crippen LogP contribution in [0.2, 0.25) is 0 Å². The van der Waals surface area contributed by atoms with Crippen molar-refractivity contribution in [3.05, 3.63) is 63.2 Å². The van der Waals surface area contributed by atoms with Crippen LogP contribution >= 0.6 is 15.9 Å². The van der Waals surface area contributed by atoms with Gasteiger partial charge in [-0.15, -0.1) is 0 Å². The van der Waals surface area contributed by atoms with Gasteiger partial charge in [0.2, 0.25) is 5.56 Å². The van der Waals surface area contributed by atoms with Crippen LogP contribution in [-0.2, 0) is 0 Å². The normalized spacial score (nSPS) is 10.5. The number of halogens is 1. The first kappa shape index (κ1) is 13.4. The van der Waals surface area contributed by atoms with Crippen molar-refractivity contribution in [2.45, 2.75) is 0 Å². The van der Waals surface area contributed by atoms with E-state index in [9.17, 15) is 9.59 Å². The van der Waals surface area contributed by atoms with Gasteiger partial charge in [-0.3, -0.25) is 9.59 Å². The molecule has 104 valence electrons. The van der Waals surface area contributed by atoms with Crippen LogP contribution in [0.3, 0.4) is 0 Å². The summed E-state index contributed by atoms with van der Waals surface area (Å²) in [5, 5.41) is 3.28. The molecule has 0 spiro atoms. The summed E-state index contributed by atoms with van der Waals surface area (Å²) in [5.41, 5.74) is 0.567. The Bertz CT molecular complexity index is 874. The number of hydrogen-bond donors (Lipinski definition) is 2. The summed E-state index contributed by atoms with van der Waals surface area (Å²) in [5.74, 6) is -0.0958. The highest BCUT2D eigenvalue weighted by Gasteiger charge is 2.12. The van der Waals surface area contributed by atoms with Gasteiger partial charge < -0.3 is 10.3 Å². The van der Waals surface area contributed by atoms with Gasteiger partial charge in [0.15, 0.2) is 5.82 Å². The van der Waals surface area contributed by atoms with E-state index in [0.29, 0.717) is 26.9 Å². The standard InChI is InChI=1S/C14H9BrN4O2/c15-11-6-17-12(7-16-11)19-14(21)9-5-13(20)18-10-4-2-1-3-8(9)10/h1-7H,(H,18,20)(H,17,19,21). The molecule has 6 nitrogen and oxygen atoms in total. The van der Waals surface area contributed by atoms with Crippen molar-refractivity contribution in [2.24, 2.45) is 0 Å². The number of carbonyl (C=O) groups excluding carboxylic acids is 1. The minimum atomic E-state index is -0.408. The number of aromatic amines is 1. The minimum absolute atomic E-state index is 0.291. The third kappa shape index (κ3) is 2.82. The van der Waals surface area contributed by atoms with Crippen molar-refractivity contribution in [2.75, 3.05) is 5.32 Å². The predicted molar refractivity (Wildman–Crippen MR) is 82.3 cm³/mol. The number of nitrogens with one attached hydrogen (secondary N) is 2. The molecule has 1 amide bonds. The second-order valence-electron chi connectivity index (χ2n) is 4.27. The van der Waals surface area contributed by atoms with Crippen LogP contribution in [0.25, 0.3) is 10.9 Å². The Morgan fingerprint density at radius 3 is 2.76 bits per heavy atom. The average Bonchev–Trinajstić information content (AvgIpc) is 2.48. The Balaban J connectivity index is 2.01. The van der Waals surface area contributed by atoms with Gasteiger partial charge in [0.1, 0.15) is 4.60 Å². The number of amides is 1. The second-order valence-corrected chi connectivity index (χ2v) is 5.08. The van der Waals surface area contributed by atoms with Crippen molar-refractivity contribution < 1.29 is 4.79 Å². The topological polar surface area (TPSA) is 87.7 Å². The summed E-state index contributed by atoms with van der Waals surface area (Å²) in [7, 11) is 0. The van der Waals surface area contributed by atoms with Gasteiger partial charge in [-0.25, -0.2) is 9.97 Å². The maximum atomic E-state index is 12.3. The molecule has 3 rings (SSSR count). The molecule has 0 saturated heterocycles. The number of H-pyrrole nitrogens is 1. The van der Waals surface area contributed by atoms with E-state index in [2.05, 4.69) is 36.2 Å². The van der Waals surface area contributed by atoms with Crippen LogP contribution in [0.5, 0.6) is 0 Å². The maximum Gasteiger partial charge on any atom is 0.257 e. The van der Waals surface area contributed by atoms with Crippen molar-refractivity contribution in [1.82, 2.24) is 15.0 Å². The number of para-hydroxylation sites is 1. The first-order valence-electron chi connectivity index (χ1n) is 6.04. The van der Waals surface area contributed by atoms with Crippen LogP contribution < -0.4 is 10.9 Å². The fourth-order valence-corrected chi connectivity index (χ4v) is 2.16. The van der Waals surface area contributed by atoms with Crippen molar-refractivity contribution in [3.63, 3.8) is 0 Å². The van der Waals surface area contributed by atoms with Crippen molar-refractivity contribution in [3.8, 4) is 0 Å². The number of pyridine rings is 1. The van der Waals surface area contributed by atoms with Crippen LogP contribution in [0, 0.1) is 0 Å². The van der Waals surface area contributed by atoms with Gasteiger partial charge in [-0.1, -0.05) is 18.2 Å². The number of benzene rings is 1. The molecule has 3 aromatic rings. The fourth-order valence-electron chi connectivity index (χ4n) is 1.95. The van der Waals surface area contributed by atoms with E-state index >= 15 is 0 Å². The van der Waals surface area contributed by atoms with E-state index in [0.717, 1.165) is 0 Å². The number of fused-ring (bicyclic) bond motifs is 1. The van der Waals surface area contributed by atoms with Crippen LogP contribution in [0.1, 0.15) is 10.4 Å². The number of anilines is 1. The quantitative estimate of drug-likeness (QED) is 0.746. The monoisotopic (exact) mass is 344 g/mol. The van der Waals surface area contributed by atoms with E-state index in [-0.39, 0.29) is 5.56 Å². The lowest BCUT2D eigenvalue weighted by atomic mass is 10.1. The van der Waals surface area contributed by atoms with Gasteiger partial charge in [-0.2, -0.15) is 0 Å². The number of aromatic nitrogens is 3. The predicted octanol–water partition coefficient (Wildman–Crippen LogP) is 2.33. The summed E-state index contributed by atoms with van der Waals surface area (Å²) in [6, 6.07) is 8.38. The first-order chi connectivity index (χ1) is 10.1. The SMILES string of the molecule is O=C(Nc1cnc(Br)cn1)c1cc(=O)[nH]c2ccccc12. The first-order valence-corrected chi connectivity index (χ1v) is 6.84. The molecule has 7 heteroatoms. The lowest BCUT2D eigenvalue weighted by molar-refractivity contribution is 0.102. The molecular formula is C14H9BrN4O2. The Morgan fingerprint density at radius 1 is 1.19 bits per heavy atom. The molecule has 2 aromatic heterocycles. The third-order valence-electron chi connectivity index (χ3n) is 2.86. The molecule has 0 bridgehead atoms.